The zero-order chi connectivity index (χ0) is 15.1. The van der Waals surface area contributed by atoms with Crippen molar-refractivity contribution in [2.45, 2.75) is 31.7 Å². The fourth-order valence-corrected chi connectivity index (χ4v) is 2.43. The van der Waals surface area contributed by atoms with Gasteiger partial charge in [-0.3, -0.25) is 4.79 Å². The summed E-state index contributed by atoms with van der Waals surface area (Å²) in [6.07, 6.45) is 0.474. The lowest BCUT2D eigenvalue weighted by atomic mass is 10.0. The number of carbonyl (C=O) groups is 2. The van der Waals surface area contributed by atoms with Crippen molar-refractivity contribution in [1.82, 2.24) is 5.32 Å². The minimum atomic E-state index is -1.34. The molecule has 1 amide bonds. The summed E-state index contributed by atoms with van der Waals surface area (Å²) < 4.78 is 13.7. The smallest absolute Gasteiger partial charge is 0.328 e. The first-order valence-corrected chi connectivity index (χ1v) is 6.61. The quantitative estimate of drug-likeness (QED) is 0.898. The number of rotatable bonds is 4. The van der Waals surface area contributed by atoms with E-state index in [9.17, 15) is 14.0 Å². The second-order valence-electron chi connectivity index (χ2n) is 5.50. The third kappa shape index (κ3) is 2.77. The van der Waals surface area contributed by atoms with Crippen LogP contribution in [0.15, 0.2) is 18.2 Å². The van der Waals surface area contributed by atoms with Gasteiger partial charge in [-0.15, -0.1) is 0 Å². The van der Waals surface area contributed by atoms with Crippen molar-refractivity contribution in [3.05, 3.63) is 34.6 Å². The monoisotopic (exact) mass is 299 g/mol. The Morgan fingerprint density at radius 2 is 2.10 bits per heavy atom. The molecule has 0 bridgehead atoms. The van der Waals surface area contributed by atoms with Gasteiger partial charge in [0, 0.05) is 22.4 Å². The lowest BCUT2D eigenvalue weighted by Crippen LogP contribution is -2.50. The molecule has 1 aromatic carbocycles. The number of carboxylic acids is 1. The van der Waals surface area contributed by atoms with Crippen LogP contribution in [0.4, 0.5) is 4.39 Å². The van der Waals surface area contributed by atoms with Gasteiger partial charge in [0.25, 0.3) is 0 Å². The summed E-state index contributed by atoms with van der Waals surface area (Å²) in [6, 6.07) is 4.39. The summed E-state index contributed by atoms with van der Waals surface area (Å²) in [4.78, 5) is 23.0. The molecule has 1 aliphatic rings. The van der Waals surface area contributed by atoms with Crippen LogP contribution in [0.25, 0.3) is 0 Å². The molecule has 0 unspecified atom stereocenters. The number of benzene rings is 1. The fraction of sp³-hybridized carbons (Fsp3) is 0.429. The maximum absolute atomic E-state index is 13.7. The number of aliphatic carboxylic acids is 1. The summed E-state index contributed by atoms with van der Waals surface area (Å²) in [5.41, 5.74) is -1.01. The lowest BCUT2D eigenvalue weighted by molar-refractivity contribution is -0.146. The van der Waals surface area contributed by atoms with Crippen LogP contribution in [0, 0.1) is 11.7 Å². The van der Waals surface area contributed by atoms with Gasteiger partial charge in [0.15, 0.2) is 0 Å². The highest BCUT2D eigenvalue weighted by atomic mass is 35.5. The SMILES string of the molecule is CC(C)(NC(=O)[C@@H]1C[C@@H]1c1c(F)cccc1Cl)C(=O)O. The van der Waals surface area contributed by atoms with Crippen LogP contribution in [-0.4, -0.2) is 22.5 Å². The molecule has 1 aliphatic carbocycles. The summed E-state index contributed by atoms with van der Waals surface area (Å²) in [7, 11) is 0. The second kappa shape index (κ2) is 5.05. The molecule has 6 heteroatoms. The molecule has 1 aromatic rings. The van der Waals surface area contributed by atoms with Gasteiger partial charge in [-0.25, -0.2) is 9.18 Å². The van der Waals surface area contributed by atoms with Gasteiger partial charge in [-0.1, -0.05) is 17.7 Å². The normalized spacial score (nSPS) is 21.4. The van der Waals surface area contributed by atoms with Crippen LogP contribution in [0.5, 0.6) is 0 Å². The predicted molar refractivity (Wildman–Crippen MR) is 72.1 cm³/mol. The number of hydrogen-bond acceptors (Lipinski definition) is 2. The Morgan fingerprint density at radius 1 is 1.45 bits per heavy atom. The molecule has 1 saturated carbocycles. The van der Waals surface area contributed by atoms with Crippen LogP contribution in [-0.2, 0) is 9.59 Å². The summed E-state index contributed by atoms with van der Waals surface area (Å²) in [5.74, 6) is -2.65. The molecule has 2 N–H and O–H groups in total. The maximum Gasteiger partial charge on any atom is 0.328 e. The highest BCUT2D eigenvalue weighted by molar-refractivity contribution is 6.31. The van der Waals surface area contributed by atoms with E-state index in [1.807, 2.05) is 0 Å². The average molecular weight is 300 g/mol. The minimum absolute atomic E-state index is 0.284. The van der Waals surface area contributed by atoms with Crippen molar-refractivity contribution in [2.75, 3.05) is 0 Å². The molecule has 1 fully saturated rings. The Balaban J connectivity index is 2.09. The number of carbonyl (C=O) groups excluding carboxylic acids is 1. The first kappa shape index (κ1) is 14.8. The molecule has 4 nitrogen and oxygen atoms in total. The van der Waals surface area contributed by atoms with Gasteiger partial charge < -0.3 is 10.4 Å². The van der Waals surface area contributed by atoms with E-state index < -0.39 is 23.2 Å². The van der Waals surface area contributed by atoms with E-state index in [1.54, 1.807) is 6.07 Å². The third-order valence-electron chi connectivity index (χ3n) is 3.47. The fourth-order valence-electron chi connectivity index (χ4n) is 2.12. The van der Waals surface area contributed by atoms with Gasteiger partial charge in [0.05, 0.1) is 0 Å². The Hall–Kier alpha value is -1.62. The molecule has 2 atom stereocenters. The van der Waals surface area contributed by atoms with Crippen LogP contribution in [0.1, 0.15) is 31.7 Å². The topological polar surface area (TPSA) is 66.4 Å². The van der Waals surface area contributed by atoms with Crippen LogP contribution >= 0.6 is 11.6 Å². The molecule has 0 saturated heterocycles. The first-order chi connectivity index (χ1) is 9.24. The van der Waals surface area contributed by atoms with Crippen molar-refractivity contribution in [1.29, 1.82) is 0 Å². The van der Waals surface area contributed by atoms with E-state index in [-0.39, 0.29) is 11.8 Å². The lowest BCUT2D eigenvalue weighted by Gasteiger charge is -2.21. The standard InChI is InChI=1S/C14H15ClFNO3/c1-14(2,13(19)20)17-12(18)8-6-7(8)11-9(15)4-3-5-10(11)16/h3-5,7-8H,6H2,1-2H3,(H,17,18)(H,19,20)/t7-,8+/m0/s1. The average Bonchev–Trinajstić information content (AvgIpc) is 3.08. The summed E-state index contributed by atoms with van der Waals surface area (Å²) >= 11 is 5.95. The number of carboxylic acid groups (broad SMARTS) is 1. The van der Waals surface area contributed by atoms with Crippen molar-refractivity contribution in [3.8, 4) is 0 Å². The number of nitrogens with one attached hydrogen (secondary N) is 1. The third-order valence-corrected chi connectivity index (χ3v) is 3.80. The zero-order valence-electron chi connectivity index (χ0n) is 11.1. The van der Waals surface area contributed by atoms with Gasteiger partial charge >= 0.3 is 5.97 Å². The zero-order valence-corrected chi connectivity index (χ0v) is 11.9. The predicted octanol–water partition coefficient (Wildman–Crippen LogP) is 2.56. The Kier molecular flexibility index (Phi) is 3.73. The molecule has 108 valence electrons. The largest absolute Gasteiger partial charge is 0.480 e. The summed E-state index contributed by atoms with van der Waals surface area (Å²) in [6.45, 7) is 2.81. The number of hydrogen-bond donors (Lipinski definition) is 2. The van der Waals surface area contributed by atoms with E-state index in [2.05, 4.69) is 5.32 Å². The molecular weight excluding hydrogens is 285 g/mol. The van der Waals surface area contributed by atoms with Crippen molar-refractivity contribution in [2.24, 2.45) is 5.92 Å². The van der Waals surface area contributed by atoms with Crippen molar-refractivity contribution in [3.63, 3.8) is 0 Å². The van der Waals surface area contributed by atoms with Gasteiger partial charge in [0.1, 0.15) is 11.4 Å². The van der Waals surface area contributed by atoms with E-state index in [0.717, 1.165) is 0 Å². The minimum Gasteiger partial charge on any atom is -0.480 e. The van der Waals surface area contributed by atoms with Crippen LogP contribution in [0.2, 0.25) is 5.02 Å². The molecule has 0 heterocycles. The van der Waals surface area contributed by atoms with Crippen LogP contribution in [0.3, 0.4) is 0 Å². The molecular formula is C14H15ClFNO3. The highest BCUT2D eigenvalue weighted by Gasteiger charge is 2.47. The molecule has 0 spiro atoms. The van der Waals surface area contributed by atoms with E-state index in [4.69, 9.17) is 16.7 Å². The van der Waals surface area contributed by atoms with Gasteiger partial charge in [-0.05, 0) is 32.4 Å². The Labute approximate surface area is 120 Å². The van der Waals surface area contributed by atoms with E-state index in [1.165, 1.54) is 26.0 Å². The molecule has 20 heavy (non-hydrogen) atoms. The molecule has 0 aliphatic heterocycles. The summed E-state index contributed by atoms with van der Waals surface area (Å²) in [5, 5.41) is 11.7. The van der Waals surface area contributed by atoms with Crippen molar-refractivity contribution >= 4 is 23.5 Å². The Bertz CT molecular complexity index is 553. The van der Waals surface area contributed by atoms with Crippen LogP contribution < -0.4 is 5.32 Å². The second-order valence-corrected chi connectivity index (χ2v) is 5.91. The highest BCUT2D eigenvalue weighted by Crippen LogP contribution is 2.50. The van der Waals surface area contributed by atoms with Gasteiger partial charge in [-0.2, -0.15) is 0 Å². The molecule has 0 radical (unpaired) electrons. The van der Waals surface area contributed by atoms with Crippen molar-refractivity contribution < 1.29 is 19.1 Å². The molecule has 2 rings (SSSR count). The Morgan fingerprint density at radius 3 is 2.65 bits per heavy atom. The number of amides is 1. The first-order valence-electron chi connectivity index (χ1n) is 6.23. The molecule has 0 aromatic heterocycles. The number of halogens is 2. The van der Waals surface area contributed by atoms with E-state index in [0.29, 0.717) is 17.0 Å². The van der Waals surface area contributed by atoms with Gasteiger partial charge in [0.2, 0.25) is 5.91 Å². The van der Waals surface area contributed by atoms with E-state index >= 15 is 0 Å². The maximum atomic E-state index is 13.7.